The number of nitrogens with one attached hydrogen (secondary N) is 1. The van der Waals surface area contributed by atoms with E-state index in [1.54, 1.807) is 35.1 Å². The summed E-state index contributed by atoms with van der Waals surface area (Å²) in [7, 11) is -3.61. The highest BCUT2D eigenvalue weighted by Crippen LogP contribution is 2.21. The monoisotopic (exact) mass is 424 g/mol. The van der Waals surface area contributed by atoms with Crippen molar-refractivity contribution in [2.24, 2.45) is 0 Å². The van der Waals surface area contributed by atoms with Crippen molar-refractivity contribution >= 4 is 21.7 Å². The molecule has 1 aliphatic heterocycles. The van der Waals surface area contributed by atoms with Crippen LogP contribution in [0.5, 0.6) is 0 Å². The Labute approximate surface area is 176 Å². The highest BCUT2D eigenvalue weighted by molar-refractivity contribution is 7.89. The Kier molecular flexibility index (Phi) is 5.96. The smallest absolute Gasteiger partial charge is 0.256 e. The molecule has 2 aromatic carbocycles. The Morgan fingerprint density at radius 2 is 1.63 bits per heavy atom. The normalized spacial score (nSPS) is 15.5. The molecule has 0 spiro atoms. The summed E-state index contributed by atoms with van der Waals surface area (Å²) in [6.45, 7) is 1.05. The van der Waals surface area contributed by atoms with Crippen molar-refractivity contribution in [1.29, 1.82) is 0 Å². The summed E-state index contributed by atoms with van der Waals surface area (Å²) in [5.41, 5.74) is 1.16. The first-order chi connectivity index (χ1) is 14.5. The van der Waals surface area contributed by atoms with E-state index in [0.717, 1.165) is 31.4 Å². The van der Waals surface area contributed by atoms with Gasteiger partial charge in [0.15, 0.2) is 5.82 Å². The molecule has 30 heavy (non-hydrogen) atoms. The number of aromatic nitrogens is 2. The van der Waals surface area contributed by atoms with Crippen LogP contribution in [0.4, 0.5) is 5.82 Å². The fourth-order valence-electron chi connectivity index (χ4n) is 3.53. The number of nitrogens with zero attached hydrogens (tertiary/aromatic N) is 3. The number of hydrogen-bond acceptors (Lipinski definition) is 4. The predicted molar refractivity (Wildman–Crippen MR) is 115 cm³/mol. The molecule has 1 aromatic heterocycles. The molecule has 8 heteroatoms. The second-order valence-corrected chi connectivity index (χ2v) is 9.22. The van der Waals surface area contributed by atoms with Crippen LogP contribution in [0.2, 0.25) is 0 Å². The van der Waals surface area contributed by atoms with Gasteiger partial charge < -0.3 is 5.32 Å². The van der Waals surface area contributed by atoms with Gasteiger partial charge in [-0.2, -0.15) is 9.40 Å². The zero-order valence-electron chi connectivity index (χ0n) is 16.6. The van der Waals surface area contributed by atoms with E-state index in [1.165, 1.54) is 10.4 Å². The van der Waals surface area contributed by atoms with Crippen LogP contribution < -0.4 is 5.32 Å². The second kappa shape index (κ2) is 8.81. The summed E-state index contributed by atoms with van der Waals surface area (Å²) in [4.78, 5) is 12.8. The first-order valence-corrected chi connectivity index (χ1v) is 11.5. The van der Waals surface area contributed by atoms with Crippen LogP contribution in [0.25, 0.3) is 5.69 Å². The van der Waals surface area contributed by atoms with E-state index < -0.39 is 15.9 Å². The molecule has 0 saturated carbocycles. The van der Waals surface area contributed by atoms with Crippen LogP contribution >= 0.6 is 0 Å². The molecule has 0 atom stereocenters. The van der Waals surface area contributed by atoms with Gasteiger partial charge in [-0.3, -0.25) is 4.79 Å². The lowest BCUT2D eigenvalue weighted by atomic mass is 10.2. The SMILES string of the molecule is O=C(Nc1ccn(-c2ccccc2)n1)c1cccc(S(=O)(=O)N2CCCCCC2)c1. The fourth-order valence-corrected chi connectivity index (χ4v) is 5.10. The molecule has 7 nitrogen and oxygen atoms in total. The fraction of sp³-hybridized carbons (Fsp3) is 0.273. The molecule has 4 rings (SSSR count). The van der Waals surface area contributed by atoms with Gasteiger partial charge in [-0.1, -0.05) is 37.1 Å². The number of amides is 1. The summed E-state index contributed by atoms with van der Waals surface area (Å²) >= 11 is 0. The maximum absolute atomic E-state index is 13.0. The number of rotatable bonds is 5. The van der Waals surface area contributed by atoms with Gasteiger partial charge in [-0.05, 0) is 43.2 Å². The number of carbonyl (C=O) groups is 1. The average molecular weight is 425 g/mol. The lowest BCUT2D eigenvalue weighted by Gasteiger charge is -2.20. The van der Waals surface area contributed by atoms with E-state index >= 15 is 0 Å². The summed E-state index contributed by atoms with van der Waals surface area (Å²) in [6.07, 6.45) is 5.58. The summed E-state index contributed by atoms with van der Waals surface area (Å²) in [5, 5.41) is 7.10. The molecule has 1 amide bonds. The van der Waals surface area contributed by atoms with Gasteiger partial charge in [0.2, 0.25) is 10.0 Å². The van der Waals surface area contributed by atoms with Crippen LogP contribution in [-0.4, -0.2) is 41.5 Å². The van der Waals surface area contributed by atoms with Gasteiger partial charge in [0.05, 0.1) is 10.6 Å². The highest BCUT2D eigenvalue weighted by Gasteiger charge is 2.25. The van der Waals surface area contributed by atoms with Crippen molar-refractivity contribution in [3.05, 3.63) is 72.4 Å². The molecule has 0 unspecified atom stereocenters. The number of para-hydroxylation sites is 1. The molecule has 3 aromatic rings. The van der Waals surface area contributed by atoms with E-state index in [1.807, 2.05) is 30.3 Å². The van der Waals surface area contributed by atoms with Gasteiger partial charge in [-0.15, -0.1) is 0 Å². The highest BCUT2D eigenvalue weighted by atomic mass is 32.2. The number of sulfonamides is 1. The Morgan fingerprint density at radius 1 is 0.900 bits per heavy atom. The lowest BCUT2D eigenvalue weighted by Crippen LogP contribution is -2.32. The standard InChI is InChI=1S/C22H24N4O3S/c27-22(23-21-13-16-26(24-21)19-10-4-3-5-11-19)18-9-8-12-20(17-18)30(28,29)25-14-6-1-2-7-15-25/h3-5,8-13,16-17H,1-2,6-7,14-15H2,(H,23,24,27). The minimum atomic E-state index is -3.61. The third-order valence-electron chi connectivity index (χ3n) is 5.15. The number of benzene rings is 2. The van der Waals surface area contributed by atoms with E-state index in [4.69, 9.17) is 0 Å². The first kappa shape index (κ1) is 20.3. The molecular formula is C22H24N4O3S. The maximum Gasteiger partial charge on any atom is 0.256 e. The van der Waals surface area contributed by atoms with Crippen molar-refractivity contribution in [3.8, 4) is 5.69 Å². The van der Waals surface area contributed by atoms with Crippen LogP contribution in [-0.2, 0) is 10.0 Å². The third-order valence-corrected chi connectivity index (χ3v) is 7.05. The van der Waals surface area contributed by atoms with Crippen LogP contribution in [0, 0.1) is 0 Å². The van der Waals surface area contributed by atoms with Crippen molar-refractivity contribution in [2.45, 2.75) is 30.6 Å². The largest absolute Gasteiger partial charge is 0.305 e. The molecule has 1 saturated heterocycles. The van der Waals surface area contributed by atoms with E-state index in [-0.39, 0.29) is 10.5 Å². The Morgan fingerprint density at radius 3 is 2.37 bits per heavy atom. The van der Waals surface area contributed by atoms with E-state index in [2.05, 4.69) is 10.4 Å². The van der Waals surface area contributed by atoms with Crippen LogP contribution in [0.1, 0.15) is 36.0 Å². The van der Waals surface area contributed by atoms with Crippen molar-refractivity contribution in [3.63, 3.8) is 0 Å². The second-order valence-electron chi connectivity index (χ2n) is 7.28. The molecule has 0 aliphatic carbocycles. The zero-order valence-corrected chi connectivity index (χ0v) is 17.4. The summed E-state index contributed by atoms with van der Waals surface area (Å²) < 4.78 is 29.2. The minimum absolute atomic E-state index is 0.145. The van der Waals surface area contributed by atoms with E-state index in [9.17, 15) is 13.2 Å². The number of hydrogen-bond donors (Lipinski definition) is 1. The molecule has 156 valence electrons. The molecule has 2 heterocycles. The third kappa shape index (κ3) is 4.44. The van der Waals surface area contributed by atoms with Crippen molar-refractivity contribution in [2.75, 3.05) is 18.4 Å². The minimum Gasteiger partial charge on any atom is -0.305 e. The summed E-state index contributed by atoms with van der Waals surface area (Å²) in [5.74, 6) is -0.00846. The van der Waals surface area contributed by atoms with E-state index in [0.29, 0.717) is 18.9 Å². The van der Waals surface area contributed by atoms with Crippen molar-refractivity contribution < 1.29 is 13.2 Å². The number of anilines is 1. The first-order valence-electron chi connectivity index (χ1n) is 10.1. The van der Waals surface area contributed by atoms with Gasteiger partial charge in [0.1, 0.15) is 0 Å². The quantitative estimate of drug-likeness (QED) is 0.677. The maximum atomic E-state index is 13.0. The number of carbonyl (C=O) groups excluding carboxylic acids is 1. The summed E-state index contributed by atoms with van der Waals surface area (Å²) in [6, 6.07) is 17.4. The predicted octanol–water partition coefficient (Wildman–Crippen LogP) is 3.69. The molecular weight excluding hydrogens is 400 g/mol. The van der Waals surface area contributed by atoms with Crippen LogP contribution in [0.3, 0.4) is 0 Å². The Balaban J connectivity index is 1.51. The molecule has 1 aliphatic rings. The van der Waals surface area contributed by atoms with Gasteiger partial charge >= 0.3 is 0 Å². The lowest BCUT2D eigenvalue weighted by molar-refractivity contribution is 0.102. The van der Waals surface area contributed by atoms with Gasteiger partial charge in [-0.25, -0.2) is 13.1 Å². The van der Waals surface area contributed by atoms with Gasteiger partial charge in [0.25, 0.3) is 5.91 Å². The Bertz CT molecular complexity index is 1120. The van der Waals surface area contributed by atoms with Gasteiger partial charge in [0, 0.05) is 30.9 Å². The average Bonchev–Trinajstić information content (AvgIpc) is 3.05. The molecule has 1 N–H and O–H groups in total. The molecule has 1 fully saturated rings. The van der Waals surface area contributed by atoms with Crippen LogP contribution in [0.15, 0.2) is 71.8 Å². The Hall–Kier alpha value is -2.97. The topological polar surface area (TPSA) is 84.3 Å². The zero-order chi connectivity index (χ0) is 21.0. The molecule has 0 radical (unpaired) electrons. The van der Waals surface area contributed by atoms with Crippen molar-refractivity contribution in [1.82, 2.24) is 14.1 Å². The molecule has 0 bridgehead atoms.